The maximum absolute atomic E-state index is 11.8. The molecule has 0 aromatic carbocycles. The van der Waals surface area contributed by atoms with Gasteiger partial charge in [-0.3, -0.25) is 9.59 Å². The molecule has 0 spiro atoms. The van der Waals surface area contributed by atoms with Gasteiger partial charge in [-0.2, -0.15) is 0 Å². The van der Waals surface area contributed by atoms with Crippen molar-refractivity contribution in [2.24, 2.45) is 5.92 Å². The average Bonchev–Trinajstić information content (AvgIpc) is 2.47. The fourth-order valence-corrected chi connectivity index (χ4v) is 1.58. The van der Waals surface area contributed by atoms with Crippen LogP contribution in [0.25, 0.3) is 0 Å². The Morgan fingerprint density at radius 1 is 1.53 bits per heavy atom. The number of amides is 1. The molecule has 1 aromatic rings. The van der Waals surface area contributed by atoms with Crippen molar-refractivity contribution in [3.05, 3.63) is 23.7 Å². The number of nitrogens with zero attached hydrogens (tertiary/aromatic N) is 1. The Hall–Kier alpha value is -1.78. The molecule has 80 valence electrons. The minimum Gasteiger partial charge on any atom is -0.481 e. The first-order chi connectivity index (χ1) is 7.09. The molecule has 0 unspecified atom stereocenters. The number of carbonyl (C=O) groups is 2. The van der Waals surface area contributed by atoms with Gasteiger partial charge in [-0.15, -0.1) is 0 Å². The summed E-state index contributed by atoms with van der Waals surface area (Å²) >= 11 is 0. The van der Waals surface area contributed by atoms with Crippen molar-refractivity contribution in [3.8, 4) is 0 Å². The minimum atomic E-state index is -0.844. The molecule has 0 atom stereocenters. The molecule has 1 fully saturated rings. The average molecular weight is 209 g/mol. The topological polar surface area (TPSA) is 70.8 Å². The van der Waals surface area contributed by atoms with E-state index < -0.39 is 11.9 Å². The second-order valence-electron chi connectivity index (χ2n) is 3.64. The smallest absolute Gasteiger partial charge is 0.310 e. The van der Waals surface area contributed by atoms with Crippen LogP contribution in [-0.2, 0) is 4.79 Å². The summed E-state index contributed by atoms with van der Waals surface area (Å²) in [6.07, 6.45) is 1.46. The summed E-state index contributed by atoms with van der Waals surface area (Å²) in [6.45, 7) is 2.29. The number of carboxylic acid groups (broad SMARTS) is 1. The molecule has 2 heterocycles. The first-order valence-corrected chi connectivity index (χ1v) is 4.65. The predicted octanol–water partition coefficient (Wildman–Crippen LogP) is 0.745. The van der Waals surface area contributed by atoms with Gasteiger partial charge in [0.2, 0.25) is 0 Å². The molecule has 15 heavy (non-hydrogen) atoms. The molecule has 2 rings (SSSR count). The maximum Gasteiger partial charge on any atom is 0.310 e. The monoisotopic (exact) mass is 209 g/mol. The molecule has 1 aliphatic rings. The molecule has 0 bridgehead atoms. The van der Waals surface area contributed by atoms with Crippen LogP contribution in [0.15, 0.2) is 16.7 Å². The predicted molar refractivity (Wildman–Crippen MR) is 50.5 cm³/mol. The molecular weight excluding hydrogens is 198 g/mol. The van der Waals surface area contributed by atoms with Crippen molar-refractivity contribution in [2.75, 3.05) is 13.1 Å². The van der Waals surface area contributed by atoms with Crippen LogP contribution in [0.1, 0.15) is 16.1 Å². The van der Waals surface area contributed by atoms with E-state index in [0.29, 0.717) is 24.4 Å². The minimum absolute atomic E-state index is 0.154. The summed E-state index contributed by atoms with van der Waals surface area (Å²) in [6, 6.07) is 1.60. The highest BCUT2D eigenvalue weighted by molar-refractivity contribution is 5.96. The third-order valence-corrected chi connectivity index (χ3v) is 2.61. The van der Waals surface area contributed by atoms with Crippen LogP contribution in [0, 0.1) is 12.8 Å². The van der Waals surface area contributed by atoms with Gasteiger partial charge in [0.15, 0.2) is 0 Å². The summed E-state index contributed by atoms with van der Waals surface area (Å²) in [5, 5.41) is 8.66. The highest BCUT2D eigenvalue weighted by Gasteiger charge is 2.36. The Bertz CT molecular complexity index is 403. The molecule has 1 aromatic heterocycles. The van der Waals surface area contributed by atoms with Crippen LogP contribution in [0.5, 0.6) is 0 Å². The molecule has 0 radical (unpaired) electrons. The van der Waals surface area contributed by atoms with Crippen molar-refractivity contribution in [2.45, 2.75) is 6.92 Å². The number of carbonyl (C=O) groups excluding carboxylic acids is 1. The molecule has 1 N–H and O–H groups in total. The number of likely N-dealkylation sites (tertiary alicyclic amines) is 1. The summed E-state index contributed by atoms with van der Waals surface area (Å²) in [5.41, 5.74) is 0.513. The van der Waals surface area contributed by atoms with Crippen LogP contribution in [0.2, 0.25) is 0 Å². The van der Waals surface area contributed by atoms with E-state index >= 15 is 0 Å². The van der Waals surface area contributed by atoms with Crippen molar-refractivity contribution >= 4 is 11.9 Å². The lowest BCUT2D eigenvalue weighted by atomic mass is 9.99. The highest BCUT2D eigenvalue weighted by atomic mass is 16.4. The lowest BCUT2D eigenvalue weighted by Gasteiger charge is -2.36. The van der Waals surface area contributed by atoms with E-state index in [1.807, 2.05) is 0 Å². The zero-order valence-electron chi connectivity index (χ0n) is 8.27. The van der Waals surface area contributed by atoms with Gasteiger partial charge in [-0.25, -0.2) is 0 Å². The van der Waals surface area contributed by atoms with E-state index in [0.717, 1.165) is 0 Å². The summed E-state index contributed by atoms with van der Waals surface area (Å²) in [7, 11) is 0. The first-order valence-electron chi connectivity index (χ1n) is 4.65. The number of hydrogen-bond acceptors (Lipinski definition) is 3. The van der Waals surface area contributed by atoms with Gasteiger partial charge in [0.1, 0.15) is 5.76 Å². The van der Waals surface area contributed by atoms with Crippen molar-refractivity contribution in [1.29, 1.82) is 0 Å². The number of aryl methyl sites for hydroxylation is 1. The van der Waals surface area contributed by atoms with Gasteiger partial charge in [-0.1, -0.05) is 0 Å². The number of hydrogen-bond donors (Lipinski definition) is 1. The van der Waals surface area contributed by atoms with E-state index in [-0.39, 0.29) is 5.91 Å². The largest absolute Gasteiger partial charge is 0.481 e. The second-order valence-corrected chi connectivity index (χ2v) is 3.64. The van der Waals surface area contributed by atoms with E-state index in [2.05, 4.69) is 0 Å². The lowest BCUT2D eigenvalue weighted by Crippen LogP contribution is -2.53. The summed E-state index contributed by atoms with van der Waals surface area (Å²) < 4.78 is 5.01. The van der Waals surface area contributed by atoms with Crippen LogP contribution >= 0.6 is 0 Å². The SMILES string of the molecule is Cc1occc1C(=O)N1CC(C(=O)O)C1. The first kappa shape index (κ1) is 9.76. The zero-order valence-corrected chi connectivity index (χ0v) is 8.27. The van der Waals surface area contributed by atoms with E-state index in [1.54, 1.807) is 13.0 Å². The molecule has 1 aliphatic heterocycles. The quantitative estimate of drug-likeness (QED) is 0.780. The fourth-order valence-electron chi connectivity index (χ4n) is 1.58. The van der Waals surface area contributed by atoms with Crippen LogP contribution in [0.3, 0.4) is 0 Å². The van der Waals surface area contributed by atoms with Gasteiger partial charge in [-0.05, 0) is 13.0 Å². The number of aliphatic carboxylic acids is 1. The Balaban J connectivity index is 2.01. The maximum atomic E-state index is 11.8. The number of carboxylic acids is 1. The van der Waals surface area contributed by atoms with Crippen LogP contribution < -0.4 is 0 Å². The van der Waals surface area contributed by atoms with Crippen molar-refractivity contribution < 1.29 is 19.1 Å². The normalized spacial score (nSPS) is 16.2. The highest BCUT2D eigenvalue weighted by Crippen LogP contribution is 2.20. The van der Waals surface area contributed by atoms with E-state index in [9.17, 15) is 9.59 Å². The van der Waals surface area contributed by atoms with Gasteiger partial charge in [0, 0.05) is 13.1 Å². The van der Waals surface area contributed by atoms with Gasteiger partial charge in [0.05, 0.1) is 17.7 Å². The number of furan rings is 1. The van der Waals surface area contributed by atoms with E-state index in [1.165, 1.54) is 11.2 Å². The summed E-state index contributed by atoms with van der Waals surface area (Å²) in [5.74, 6) is -0.846. The Morgan fingerprint density at radius 3 is 2.67 bits per heavy atom. The van der Waals surface area contributed by atoms with Gasteiger partial charge >= 0.3 is 5.97 Å². The third kappa shape index (κ3) is 1.60. The Kier molecular flexibility index (Phi) is 2.22. The molecular formula is C10H11NO4. The van der Waals surface area contributed by atoms with Crippen molar-refractivity contribution in [3.63, 3.8) is 0 Å². The van der Waals surface area contributed by atoms with Crippen LogP contribution in [-0.4, -0.2) is 35.0 Å². The fraction of sp³-hybridized carbons (Fsp3) is 0.400. The van der Waals surface area contributed by atoms with Crippen LogP contribution in [0.4, 0.5) is 0 Å². The molecule has 5 heteroatoms. The molecule has 0 aliphatic carbocycles. The van der Waals surface area contributed by atoms with Gasteiger partial charge in [0.25, 0.3) is 5.91 Å². The zero-order chi connectivity index (χ0) is 11.0. The third-order valence-electron chi connectivity index (χ3n) is 2.61. The summed E-state index contributed by atoms with van der Waals surface area (Å²) in [4.78, 5) is 23.8. The molecule has 5 nitrogen and oxygen atoms in total. The second kappa shape index (κ2) is 3.42. The molecule has 1 saturated heterocycles. The Labute approximate surface area is 86.3 Å². The number of rotatable bonds is 2. The Morgan fingerprint density at radius 2 is 2.20 bits per heavy atom. The van der Waals surface area contributed by atoms with Crippen molar-refractivity contribution in [1.82, 2.24) is 4.90 Å². The van der Waals surface area contributed by atoms with Gasteiger partial charge < -0.3 is 14.4 Å². The lowest BCUT2D eigenvalue weighted by molar-refractivity contribution is -0.146. The van der Waals surface area contributed by atoms with E-state index in [4.69, 9.17) is 9.52 Å². The molecule has 1 amide bonds. The molecule has 0 saturated carbocycles. The standard InChI is InChI=1S/C10H11NO4/c1-6-8(2-3-15-6)9(12)11-4-7(5-11)10(13)14/h2-3,7H,4-5H2,1H3,(H,13,14).